The van der Waals surface area contributed by atoms with Gasteiger partial charge in [-0.2, -0.15) is 0 Å². The first-order chi connectivity index (χ1) is 8.06. The van der Waals surface area contributed by atoms with Crippen molar-refractivity contribution in [3.05, 3.63) is 26.7 Å². The van der Waals surface area contributed by atoms with Crippen LogP contribution in [0.1, 0.15) is 12.8 Å². The van der Waals surface area contributed by atoms with Gasteiger partial charge >= 0.3 is 5.97 Å². The van der Waals surface area contributed by atoms with Crippen LogP contribution < -0.4 is 5.32 Å². The first kappa shape index (κ1) is 14.6. The Kier molecular flexibility index (Phi) is 6.09. The van der Waals surface area contributed by atoms with E-state index < -0.39 is 0 Å². The van der Waals surface area contributed by atoms with Crippen molar-refractivity contribution >= 4 is 50.8 Å². The molecule has 1 aromatic rings. The SMILES string of the molecule is COC(=O)CCCNc1ccc(Br)c(Cl)c1Cl. The molecule has 0 aromatic heterocycles. The van der Waals surface area contributed by atoms with Crippen molar-refractivity contribution in [1.29, 1.82) is 0 Å². The summed E-state index contributed by atoms with van der Waals surface area (Å²) in [7, 11) is 1.38. The van der Waals surface area contributed by atoms with Crippen molar-refractivity contribution in [1.82, 2.24) is 0 Å². The molecule has 3 nitrogen and oxygen atoms in total. The number of ether oxygens (including phenoxy) is 1. The number of methoxy groups -OCH3 is 1. The van der Waals surface area contributed by atoms with Gasteiger partial charge < -0.3 is 10.1 Å². The number of hydrogen-bond acceptors (Lipinski definition) is 3. The van der Waals surface area contributed by atoms with Gasteiger partial charge in [-0.1, -0.05) is 23.2 Å². The van der Waals surface area contributed by atoms with Gasteiger partial charge in [0.1, 0.15) is 0 Å². The van der Waals surface area contributed by atoms with Gasteiger partial charge in [-0.3, -0.25) is 4.79 Å². The fourth-order valence-corrected chi connectivity index (χ4v) is 2.06. The lowest BCUT2D eigenvalue weighted by Crippen LogP contribution is -2.06. The number of nitrogens with one attached hydrogen (secondary N) is 1. The molecule has 0 fully saturated rings. The zero-order valence-electron chi connectivity index (χ0n) is 9.23. The molecule has 0 radical (unpaired) electrons. The van der Waals surface area contributed by atoms with Crippen LogP contribution in [0.15, 0.2) is 16.6 Å². The van der Waals surface area contributed by atoms with Gasteiger partial charge in [0.2, 0.25) is 0 Å². The maximum atomic E-state index is 10.9. The molecule has 0 atom stereocenters. The summed E-state index contributed by atoms with van der Waals surface area (Å²) in [5.41, 5.74) is 0.754. The van der Waals surface area contributed by atoms with Crippen molar-refractivity contribution in [2.24, 2.45) is 0 Å². The molecule has 1 rings (SSSR count). The lowest BCUT2D eigenvalue weighted by molar-refractivity contribution is -0.140. The molecule has 1 aromatic carbocycles. The van der Waals surface area contributed by atoms with Gasteiger partial charge in [0.25, 0.3) is 0 Å². The summed E-state index contributed by atoms with van der Waals surface area (Å²) in [5, 5.41) is 4.06. The quantitative estimate of drug-likeness (QED) is 0.497. The standard InChI is InChI=1S/C11H12BrCl2NO2/c1-17-9(16)3-2-6-15-8-5-4-7(12)10(13)11(8)14/h4-5,15H,2-3,6H2,1H3. The topological polar surface area (TPSA) is 38.3 Å². The molecule has 0 aliphatic heterocycles. The van der Waals surface area contributed by atoms with E-state index in [2.05, 4.69) is 26.0 Å². The highest BCUT2D eigenvalue weighted by molar-refractivity contribution is 9.10. The molecule has 0 aliphatic rings. The largest absolute Gasteiger partial charge is 0.469 e. The van der Waals surface area contributed by atoms with Crippen molar-refractivity contribution in [2.75, 3.05) is 19.0 Å². The fourth-order valence-electron chi connectivity index (χ4n) is 1.22. The second-order valence-corrected chi connectivity index (χ2v) is 4.94. The molecule has 0 amide bonds. The van der Waals surface area contributed by atoms with Crippen molar-refractivity contribution in [3.8, 4) is 0 Å². The van der Waals surface area contributed by atoms with E-state index in [1.165, 1.54) is 7.11 Å². The summed E-state index contributed by atoms with van der Waals surface area (Å²) in [4.78, 5) is 10.9. The average Bonchev–Trinajstić information content (AvgIpc) is 2.33. The van der Waals surface area contributed by atoms with Crippen LogP contribution in [-0.2, 0) is 9.53 Å². The molecule has 0 bridgehead atoms. The Balaban J connectivity index is 2.47. The Hall–Kier alpha value is -0.450. The second kappa shape index (κ2) is 7.09. The minimum atomic E-state index is -0.216. The van der Waals surface area contributed by atoms with E-state index in [9.17, 15) is 4.79 Å². The molecule has 0 saturated carbocycles. The third-order valence-electron chi connectivity index (χ3n) is 2.14. The van der Waals surface area contributed by atoms with E-state index in [0.29, 0.717) is 29.4 Å². The first-order valence-corrected chi connectivity index (χ1v) is 6.55. The van der Waals surface area contributed by atoms with Crippen LogP contribution in [0.2, 0.25) is 10.0 Å². The summed E-state index contributed by atoms with van der Waals surface area (Å²) >= 11 is 15.3. The van der Waals surface area contributed by atoms with Crippen LogP contribution in [0.3, 0.4) is 0 Å². The Labute approximate surface area is 119 Å². The average molecular weight is 341 g/mol. The number of rotatable bonds is 5. The number of halogens is 3. The second-order valence-electron chi connectivity index (χ2n) is 3.33. The highest BCUT2D eigenvalue weighted by Crippen LogP contribution is 2.35. The number of esters is 1. The molecule has 0 heterocycles. The van der Waals surface area contributed by atoms with E-state index in [1.54, 1.807) is 0 Å². The monoisotopic (exact) mass is 339 g/mol. The van der Waals surface area contributed by atoms with Gasteiger partial charge in [-0.25, -0.2) is 0 Å². The molecular formula is C11H12BrCl2NO2. The van der Waals surface area contributed by atoms with Gasteiger partial charge in [0.15, 0.2) is 0 Å². The van der Waals surface area contributed by atoms with Gasteiger partial charge in [0.05, 0.1) is 22.8 Å². The van der Waals surface area contributed by atoms with Crippen LogP contribution in [0.4, 0.5) is 5.69 Å². The summed E-state index contributed by atoms with van der Waals surface area (Å²) in [6, 6.07) is 3.65. The smallest absolute Gasteiger partial charge is 0.305 e. The zero-order valence-corrected chi connectivity index (χ0v) is 12.3. The van der Waals surface area contributed by atoms with Gasteiger partial charge in [-0.05, 0) is 34.5 Å². The van der Waals surface area contributed by atoms with Crippen LogP contribution >= 0.6 is 39.1 Å². The summed E-state index contributed by atoms with van der Waals surface area (Å²) in [6.07, 6.45) is 1.06. The number of carbonyl (C=O) groups is 1. The Bertz CT molecular complexity index is 413. The lowest BCUT2D eigenvalue weighted by Gasteiger charge is -2.09. The minimum Gasteiger partial charge on any atom is -0.469 e. The van der Waals surface area contributed by atoms with Crippen molar-refractivity contribution in [2.45, 2.75) is 12.8 Å². The highest BCUT2D eigenvalue weighted by Gasteiger charge is 2.08. The molecule has 0 spiro atoms. The van der Waals surface area contributed by atoms with E-state index in [1.807, 2.05) is 12.1 Å². The molecule has 0 unspecified atom stereocenters. The van der Waals surface area contributed by atoms with Crippen molar-refractivity contribution < 1.29 is 9.53 Å². The normalized spacial score (nSPS) is 10.1. The molecule has 1 N–H and O–H groups in total. The summed E-state index contributed by atoms with van der Waals surface area (Å²) in [6.45, 7) is 0.632. The first-order valence-electron chi connectivity index (χ1n) is 5.00. The predicted octanol–water partition coefficient (Wildman–Crippen LogP) is 4.12. The predicted molar refractivity (Wildman–Crippen MR) is 73.9 cm³/mol. The van der Waals surface area contributed by atoms with E-state index in [0.717, 1.165) is 10.2 Å². The summed E-state index contributed by atoms with van der Waals surface area (Å²) < 4.78 is 5.29. The number of carbonyl (C=O) groups excluding carboxylic acids is 1. The van der Waals surface area contributed by atoms with E-state index in [4.69, 9.17) is 23.2 Å². The molecule has 0 saturated heterocycles. The number of anilines is 1. The Morgan fingerprint density at radius 3 is 2.76 bits per heavy atom. The third-order valence-corrected chi connectivity index (χ3v) is 3.91. The zero-order chi connectivity index (χ0) is 12.8. The highest BCUT2D eigenvalue weighted by atomic mass is 79.9. The van der Waals surface area contributed by atoms with Crippen LogP contribution in [0.5, 0.6) is 0 Å². The maximum Gasteiger partial charge on any atom is 0.305 e. The van der Waals surface area contributed by atoms with Gasteiger partial charge in [-0.15, -0.1) is 0 Å². The van der Waals surface area contributed by atoms with Gasteiger partial charge in [0, 0.05) is 17.4 Å². The van der Waals surface area contributed by atoms with Crippen LogP contribution in [0, 0.1) is 0 Å². The number of hydrogen-bond donors (Lipinski definition) is 1. The maximum absolute atomic E-state index is 10.9. The molecule has 94 valence electrons. The molecule has 17 heavy (non-hydrogen) atoms. The lowest BCUT2D eigenvalue weighted by atomic mass is 10.3. The van der Waals surface area contributed by atoms with E-state index in [-0.39, 0.29) is 5.97 Å². The minimum absolute atomic E-state index is 0.216. The van der Waals surface area contributed by atoms with E-state index >= 15 is 0 Å². The van der Waals surface area contributed by atoms with Crippen molar-refractivity contribution in [3.63, 3.8) is 0 Å². The third kappa shape index (κ3) is 4.37. The molecule has 6 heteroatoms. The fraction of sp³-hybridized carbons (Fsp3) is 0.364. The van der Waals surface area contributed by atoms with Crippen LogP contribution in [0.25, 0.3) is 0 Å². The summed E-state index contributed by atoms with van der Waals surface area (Å²) in [5.74, 6) is -0.216. The number of benzene rings is 1. The molecular weight excluding hydrogens is 329 g/mol. The Morgan fingerprint density at radius 2 is 2.12 bits per heavy atom. The molecule has 0 aliphatic carbocycles. The van der Waals surface area contributed by atoms with Crippen LogP contribution in [-0.4, -0.2) is 19.6 Å². The Morgan fingerprint density at radius 1 is 1.41 bits per heavy atom.